The van der Waals surface area contributed by atoms with Gasteiger partial charge < -0.3 is 19.7 Å². The molecule has 0 saturated carbocycles. The van der Waals surface area contributed by atoms with Gasteiger partial charge in [0.2, 0.25) is 5.88 Å². The zero-order valence-electron chi connectivity index (χ0n) is 9.77. The third-order valence-corrected chi connectivity index (χ3v) is 2.49. The van der Waals surface area contributed by atoms with Crippen LogP contribution in [0.1, 0.15) is 5.56 Å². The molecule has 0 fully saturated rings. The molecule has 0 aliphatic rings. The number of nitrogens with zero attached hydrogens (tertiary/aromatic N) is 1. The summed E-state index contributed by atoms with van der Waals surface area (Å²) in [6.45, 7) is 0.474. The van der Waals surface area contributed by atoms with Crippen molar-refractivity contribution in [2.24, 2.45) is 0 Å². The highest BCUT2D eigenvalue weighted by atomic mass is 16.5. The number of aromatic nitrogens is 1. The maximum atomic E-state index is 5.70. The average molecular weight is 234 g/mol. The van der Waals surface area contributed by atoms with E-state index in [4.69, 9.17) is 19.7 Å². The molecule has 5 nitrogen and oxygen atoms in total. The number of rotatable bonds is 4. The van der Waals surface area contributed by atoms with Gasteiger partial charge in [-0.2, -0.15) is 0 Å². The molecule has 2 aromatic rings. The van der Waals surface area contributed by atoms with Crippen LogP contribution in [0.5, 0.6) is 5.75 Å². The van der Waals surface area contributed by atoms with Crippen LogP contribution in [0.4, 0.5) is 5.88 Å². The first-order chi connectivity index (χ1) is 8.27. The predicted molar refractivity (Wildman–Crippen MR) is 63.6 cm³/mol. The summed E-state index contributed by atoms with van der Waals surface area (Å²) in [5.41, 5.74) is 8.23. The van der Waals surface area contributed by atoms with E-state index in [9.17, 15) is 0 Å². The highest BCUT2D eigenvalue weighted by Gasteiger charge is 2.15. The molecule has 5 heteroatoms. The summed E-state index contributed by atoms with van der Waals surface area (Å²) in [5, 5.41) is 3.66. The fourth-order valence-electron chi connectivity index (χ4n) is 1.76. The van der Waals surface area contributed by atoms with Gasteiger partial charge in [-0.1, -0.05) is 23.4 Å². The van der Waals surface area contributed by atoms with Gasteiger partial charge in [-0.25, -0.2) is 0 Å². The summed E-state index contributed by atoms with van der Waals surface area (Å²) in [6.07, 6.45) is 1.57. The third-order valence-electron chi connectivity index (χ3n) is 2.49. The summed E-state index contributed by atoms with van der Waals surface area (Å²) in [4.78, 5) is 0. The minimum absolute atomic E-state index is 0.276. The first kappa shape index (κ1) is 11.5. The third kappa shape index (κ3) is 2.09. The van der Waals surface area contributed by atoms with E-state index < -0.39 is 0 Å². The highest BCUT2D eigenvalue weighted by molar-refractivity contribution is 5.78. The van der Waals surface area contributed by atoms with Crippen LogP contribution < -0.4 is 10.5 Å². The number of nitrogens with two attached hydrogens (primary N) is 1. The van der Waals surface area contributed by atoms with E-state index in [1.807, 2.05) is 18.2 Å². The van der Waals surface area contributed by atoms with E-state index in [0.29, 0.717) is 6.61 Å². The molecule has 1 heterocycles. The zero-order valence-corrected chi connectivity index (χ0v) is 9.77. The lowest BCUT2D eigenvalue weighted by molar-refractivity contribution is 0.181. The van der Waals surface area contributed by atoms with Crippen LogP contribution in [0.2, 0.25) is 0 Å². The van der Waals surface area contributed by atoms with Crippen molar-refractivity contribution in [1.29, 1.82) is 0 Å². The number of methoxy groups -OCH3 is 2. The van der Waals surface area contributed by atoms with Crippen molar-refractivity contribution >= 4 is 5.88 Å². The molecule has 0 aliphatic carbocycles. The molecule has 0 unspecified atom stereocenters. The van der Waals surface area contributed by atoms with Gasteiger partial charge in [0.1, 0.15) is 5.75 Å². The second-order valence-corrected chi connectivity index (χ2v) is 3.53. The van der Waals surface area contributed by atoms with Crippen molar-refractivity contribution in [2.75, 3.05) is 20.0 Å². The Bertz CT molecular complexity index is 508. The molecule has 1 aromatic carbocycles. The van der Waals surface area contributed by atoms with E-state index in [1.54, 1.807) is 20.4 Å². The lowest BCUT2D eigenvalue weighted by Crippen LogP contribution is -1.97. The van der Waals surface area contributed by atoms with Crippen LogP contribution in [0.15, 0.2) is 28.9 Å². The summed E-state index contributed by atoms with van der Waals surface area (Å²) in [7, 11) is 3.25. The van der Waals surface area contributed by atoms with Crippen LogP contribution in [-0.4, -0.2) is 19.4 Å². The average Bonchev–Trinajstić information content (AvgIpc) is 2.75. The Balaban J connectivity index is 2.54. The first-order valence-corrected chi connectivity index (χ1v) is 5.13. The fraction of sp³-hybridized carbons (Fsp3) is 0.250. The Morgan fingerprint density at radius 1 is 1.29 bits per heavy atom. The fourth-order valence-corrected chi connectivity index (χ4v) is 1.76. The normalized spacial score (nSPS) is 10.5. The van der Waals surface area contributed by atoms with E-state index in [1.165, 1.54) is 0 Å². The number of benzene rings is 1. The largest absolute Gasteiger partial charge is 0.496 e. The van der Waals surface area contributed by atoms with Gasteiger partial charge in [0.15, 0.2) is 0 Å². The van der Waals surface area contributed by atoms with Crippen molar-refractivity contribution < 1.29 is 14.0 Å². The van der Waals surface area contributed by atoms with Gasteiger partial charge in [-0.3, -0.25) is 0 Å². The van der Waals surface area contributed by atoms with Gasteiger partial charge in [0.05, 0.1) is 25.5 Å². The molecule has 0 bridgehead atoms. The quantitative estimate of drug-likeness (QED) is 0.876. The molecule has 0 atom stereocenters. The number of hydrogen-bond acceptors (Lipinski definition) is 5. The second-order valence-electron chi connectivity index (χ2n) is 3.53. The highest BCUT2D eigenvalue weighted by Crippen LogP contribution is 2.36. The Kier molecular flexibility index (Phi) is 3.30. The van der Waals surface area contributed by atoms with Gasteiger partial charge in [-0.15, -0.1) is 0 Å². The number of ether oxygens (including phenoxy) is 2. The molecule has 1 aromatic heterocycles. The minimum atomic E-state index is 0.276. The van der Waals surface area contributed by atoms with E-state index in [2.05, 4.69) is 5.16 Å². The lowest BCUT2D eigenvalue weighted by atomic mass is 10.0. The van der Waals surface area contributed by atoms with Gasteiger partial charge in [0, 0.05) is 18.2 Å². The van der Waals surface area contributed by atoms with Crippen molar-refractivity contribution in [3.8, 4) is 16.9 Å². The predicted octanol–water partition coefficient (Wildman–Crippen LogP) is 2.08. The number of nitrogen functional groups attached to an aromatic ring is 1. The molecule has 2 N–H and O–H groups in total. The van der Waals surface area contributed by atoms with E-state index >= 15 is 0 Å². The van der Waals surface area contributed by atoms with Crippen molar-refractivity contribution in [2.45, 2.75) is 6.61 Å². The Morgan fingerprint density at radius 2 is 2.12 bits per heavy atom. The Morgan fingerprint density at radius 3 is 2.71 bits per heavy atom. The summed E-state index contributed by atoms with van der Waals surface area (Å²) < 4.78 is 15.4. The molecule has 0 saturated heterocycles. The molecule has 0 aliphatic heterocycles. The van der Waals surface area contributed by atoms with Gasteiger partial charge >= 0.3 is 0 Å². The van der Waals surface area contributed by atoms with Crippen LogP contribution in [0, 0.1) is 0 Å². The van der Waals surface area contributed by atoms with Crippen LogP contribution in [0.3, 0.4) is 0 Å². The second kappa shape index (κ2) is 4.88. The van der Waals surface area contributed by atoms with Gasteiger partial charge in [0.25, 0.3) is 0 Å². The van der Waals surface area contributed by atoms with Gasteiger partial charge in [-0.05, 0) is 0 Å². The molecule has 0 amide bonds. The van der Waals surface area contributed by atoms with Crippen molar-refractivity contribution in [1.82, 2.24) is 5.16 Å². The summed E-state index contributed by atoms with van der Waals surface area (Å²) in [6, 6.07) is 5.76. The number of para-hydroxylation sites is 1. The van der Waals surface area contributed by atoms with Crippen LogP contribution in [-0.2, 0) is 11.3 Å². The van der Waals surface area contributed by atoms with E-state index in [-0.39, 0.29) is 5.88 Å². The Hall–Kier alpha value is -2.01. The lowest BCUT2D eigenvalue weighted by Gasteiger charge is -2.12. The molecular formula is C12H14N2O3. The van der Waals surface area contributed by atoms with Crippen molar-refractivity contribution in [3.63, 3.8) is 0 Å². The molecule has 0 spiro atoms. The summed E-state index contributed by atoms with van der Waals surface area (Å²) in [5.74, 6) is 1.00. The molecule has 90 valence electrons. The molecule has 0 radical (unpaired) electrons. The maximum Gasteiger partial charge on any atom is 0.230 e. The first-order valence-electron chi connectivity index (χ1n) is 5.13. The van der Waals surface area contributed by atoms with E-state index in [0.717, 1.165) is 22.4 Å². The number of hydrogen-bond donors (Lipinski definition) is 1. The monoisotopic (exact) mass is 234 g/mol. The molecule has 2 rings (SSSR count). The standard InChI is InChI=1S/C12H14N2O3/c1-15-7-8-4-3-5-9(11(8)16-2)10-6-14-17-12(10)13/h3-6H,7,13H2,1-2H3. The minimum Gasteiger partial charge on any atom is -0.496 e. The SMILES string of the molecule is COCc1cccc(-c2cnoc2N)c1OC. The maximum absolute atomic E-state index is 5.70. The smallest absolute Gasteiger partial charge is 0.230 e. The topological polar surface area (TPSA) is 70.5 Å². The number of anilines is 1. The van der Waals surface area contributed by atoms with Crippen LogP contribution >= 0.6 is 0 Å². The molecule has 17 heavy (non-hydrogen) atoms. The van der Waals surface area contributed by atoms with Crippen molar-refractivity contribution in [3.05, 3.63) is 30.0 Å². The Labute approximate surface area is 99.1 Å². The molecular weight excluding hydrogens is 220 g/mol. The van der Waals surface area contributed by atoms with Crippen LogP contribution in [0.25, 0.3) is 11.1 Å². The zero-order chi connectivity index (χ0) is 12.3. The summed E-state index contributed by atoms with van der Waals surface area (Å²) >= 11 is 0.